The van der Waals surface area contributed by atoms with Gasteiger partial charge < -0.3 is 11.1 Å². The van der Waals surface area contributed by atoms with E-state index in [1.54, 1.807) is 32.2 Å². The Morgan fingerprint density at radius 2 is 2.06 bits per heavy atom. The Bertz CT molecular complexity index is 1390. The number of hydrogen-bond acceptors (Lipinski definition) is 8. The van der Waals surface area contributed by atoms with Crippen LogP contribution in [0.15, 0.2) is 47.5 Å². The third-order valence-electron chi connectivity index (χ3n) is 4.66. The highest BCUT2D eigenvalue weighted by Crippen LogP contribution is 2.24. The van der Waals surface area contributed by atoms with Crippen LogP contribution in [0.5, 0.6) is 0 Å². The van der Waals surface area contributed by atoms with Gasteiger partial charge >= 0.3 is 0 Å². The number of aromatic nitrogens is 5. The number of aryl methyl sites for hydroxylation is 1. The number of nitrogens with two attached hydrogens (primary N) is 1. The van der Waals surface area contributed by atoms with Crippen molar-refractivity contribution in [3.8, 4) is 11.8 Å². The normalized spacial score (nSPS) is 11.8. The number of halogens is 1. The van der Waals surface area contributed by atoms with Crippen LogP contribution in [0.25, 0.3) is 16.6 Å². The summed E-state index contributed by atoms with van der Waals surface area (Å²) in [6.45, 7) is 3.42. The van der Waals surface area contributed by atoms with Gasteiger partial charge in [0.15, 0.2) is 5.82 Å². The molecular weight excluding hydrogens is 399 g/mol. The minimum Gasteiger partial charge on any atom is -0.382 e. The van der Waals surface area contributed by atoms with Crippen molar-refractivity contribution >= 4 is 22.5 Å². The van der Waals surface area contributed by atoms with Crippen LogP contribution in [0, 0.1) is 24.1 Å². The zero-order valence-electron chi connectivity index (χ0n) is 16.7. The van der Waals surface area contributed by atoms with E-state index < -0.39 is 17.4 Å². The van der Waals surface area contributed by atoms with Crippen LogP contribution in [0.1, 0.15) is 30.2 Å². The summed E-state index contributed by atoms with van der Waals surface area (Å²) in [4.78, 5) is 30.2. The number of nitrogens with zero attached hydrogens (tertiary/aromatic N) is 6. The number of rotatable bonds is 4. The molecule has 0 bridgehead atoms. The summed E-state index contributed by atoms with van der Waals surface area (Å²) in [5.41, 5.74) is 6.31. The largest absolute Gasteiger partial charge is 0.382 e. The van der Waals surface area contributed by atoms with E-state index >= 15 is 0 Å². The lowest BCUT2D eigenvalue weighted by molar-refractivity contribution is 0.629. The van der Waals surface area contributed by atoms with Gasteiger partial charge in [-0.2, -0.15) is 5.26 Å². The molecule has 31 heavy (non-hydrogen) atoms. The number of nitrogens with one attached hydrogen (secondary N) is 1. The molecular formula is C21H17FN8O. The van der Waals surface area contributed by atoms with Crippen molar-refractivity contribution in [3.05, 3.63) is 76.1 Å². The van der Waals surface area contributed by atoms with Gasteiger partial charge in [-0.3, -0.25) is 14.3 Å². The quantitative estimate of drug-likeness (QED) is 0.518. The summed E-state index contributed by atoms with van der Waals surface area (Å²) in [6, 6.07) is 8.64. The van der Waals surface area contributed by atoms with Gasteiger partial charge in [0.1, 0.15) is 34.9 Å². The van der Waals surface area contributed by atoms with Crippen molar-refractivity contribution in [3.63, 3.8) is 0 Å². The summed E-state index contributed by atoms with van der Waals surface area (Å²) in [5.74, 6) is 0.463. The molecule has 0 fully saturated rings. The SMILES string of the molecule is Cc1nc(N)c(C#N)c(N[C@@H](C)c2nc3ccc(F)cc3c(=O)n2-c2cccnc2)n1. The first-order valence-electron chi connectivity index (χ1n) is 9.32. The van der Waals surface area contributed by atoms with Gasteiger partial charge in [-0.15, -0.1) is 0 Å². The molecule has 1 atom stereocenters. The number of nitrogen functional groups attached to an aromatic ring is 1. The molecule has 1 aromatic carbocycles. The molecule has 0 aliphatic carbocycles. The maximum absolute atomic E-state index is 13.8. The third kappa shape index (κ3) is 3.64. The smallest absolute Gasteiger partial charge is 0.266 e. The highest BCUT2D eigenvalue weighted by atomic mass is 19.1. The Morgan fingerprint density at radius 1 is 1.26 bits per heavy atom. The zero-order valence-corrected chi connectivity index (χ0v) is 16.7. The third-order valence-corrected chi connectivity index (χ3v) is 4.66. The van der Waals surface area contributed by atoms with Crippen molar-refractivity contribution in [2.24, 2.45) is 0 Å². The predicted octanol–water partition coefficient (Wildman–Crippen LogP) is 2.65. The average Bonchev–Trinajstić information content (AvgIpc) is 2.74. The zero-order chi connectivity index (χ0) is 22.1. The first-order valence-corrected chi connectivity index (χ1v) is 9.32. The molecule has 0 aliphatic heterocycles. The molecule has 0 saturated heterocycles. The van der Waals surface area contributed by atoms with Crippen molar-refractivity contribution in [1.82, 2.24) is 24.5 Å². The fourth-order valence-corrected chi connectivity index (χ4v) is 3.28. The summed E-state index contributed by atoms with van der Waals surface area (Å²) in [6.07, 6.45) is 3.09. The minimum absolute atomic E-state index is 0.0521. The van der Waals surface area contributed by atoms with Gasteiger partial charge in [0.05, 0.1) is 28.8 Å². The minimum atomic E-state index is -0.580. The first-order chi connectivity index (χ1) is 14.9. The first kappa shape index (κ1) is 19.9. The molecule has 0 spiro atoms. The fourth-order valence-electron chi connectivity index (χ4n) is 3.28. The summed E-state index contributed by atoms with van der Waals surface area (Å²) >= 11 is 0. The second-order valence-corrected chi connectivity index (χ2v) is 6.84. The molecule has 9 nitrogen and oxygen atoms in total. The Labute approximate surface area is 176 Å². The molecule has 0 saturated carbocycles. The van der Waals surface area contributed by atoms with E-state index in [0.29, 0.717) is 22.9 Å². The Morgan fingerprint density at radius 3 is 2.77 bits per heavy atom. The van der Waals surface area contributed by atoms with Gasteiger partial charge in [-0.25, -0.2) is 19.3 Å². The van der Waals surface area contributed by atoms with Crippen molar-refractivity contribution in [2.75, 3.05) is 11.1 Å². The molecule has 3 aromatic heterocycles. The fraction of sp³-hybridized carbons (Fsp3) is 0.143. The summed E-state index contributed by atoms with van der Waals surface area (Å²) in [5, 5.41) is 12.7. The maximum atomic E-state index is 13.8. The van der Waals surface area contributed by atoms with Crippen molar-refractivity contribution in [1.29, 1.82) is 5.26 Å². The molecule has 0 aliphatic rings. The predicted molar refractivity (Wildman–Crippen MR) is 113 cm³/mol. The molecule has 10 heteroatoms. The lowest BCUT2D eigenvalue weighted by atomic mass is 10.2. The number of hydrogen-bond donors (Lipinski definition) is 2. The van der Waals surface area contributed by atoms with Gasteiger partial charge in [0.25, 0.3) is 5.56 Å². The molecule has 154 valence electrons. The van der Waals surface area contributed by atoms with E-state index in [1.165, 1.54) is 22.9 Å². The van der Waals surface area contributed by atoms with Crippen LogP contribution in [0.2, 0.25) is 0 Å². The van der Waals surface area contributed by atoms with Gasteiger partial charge in [0, 0.05) is 6.20 Å². The number of nitriles is 1. The Kier molecular flexibility index (Phi) is 5.00. The van der Waals surface area contributed by atoms with E-state index in [2.05, 4.69) is 25.3 Å². The summed E-state index contributed by atoms with van der Waals surface area (Å²) in [7, 11) is 0. The van der Waals surface area contributed by atoms with Crippen LogP contribution >= 0.6 is 0 Å². The molecule has 4 aromatic rings. The van der Waals surface area contributed by atoms with Crippen LogP contribution in [-0.2, 0) is 0 Å². The van der Waals surface area contributed by atoms with Crippen LogP contribution in [0.3, 0.4) is 0 Å². The lowest BCUT2D eigenvalue weighted by Crippen LogP contribution is -2.28. The Hall–Kier alpha value is -4.39. The van der Waals surface area contributed by atoms with Crippen molar-refractivity contribution < 1.29 is 4.39 Å². The van der Waals surface area contributed by atoms with Crippen molar-refractivity contribution in [2.45, 2.75) is 19.9 Å². The number of pyridine rings is 1. The van der Waals surface area contributed by atoms with E-state index in [0.717, 1.165) is 6.07 Å². The second-order valence-electron chi connectivity index (χ2n) is 6.84. The van der Waals surface area contributed by atoms with E-state index in [1.807, 2.05) is 6.07 Å². The number of fused-ring (bicyclic) bond motifs is 1. The number of benzene rings is 1. The van der Waals surface area contributed by atoms with Crippen LogP contribution in [-0.4, -0.2) is 24.5 Å². The average molecular weight is 416 g/mol. The molecule has 0 unspecified atom stereocenters. The van der Waals surface area contributed by atoms with E-state index in [9.17, 15) is 14.4 Å². The molecule has 3 N–H and O–H groups in total. The molecule has 0 amide bonds. The molecule has 3 heterocycles. The maximum Gasteiger partial charge on any atom is 0.266 e. The summed E-state index contributed by atoms with van der Waals surface area (Å²) < 4.78 is 15.2. The van der Waals surface area contributed by atoms with Crippen LogP contribution in [0.4, 0.5) is 16.0 Å². The monoisotopic (exact) mass is 416 g/mol. The standard InChI is InChI=1S/C21H17FN8O/c1-11(26-19-16(9-23)18(24)27-12(2)28-19)20-29-17-6-5-13(22)8-15(17)21(31)30(20)14-4-3-7-25-10-14/h3-8,10-11H,1-2H3,(H3,24,26,27,28)/t11-/m0/s1. The van der Waals surface area contributed by atoms with Gasteiger partial charge in [0.2, 0.25) is 0 Å². The second kappa shape index (κ2) is 7.79. The van der Waals surface area contributed by atoms with Gasteiger partial charge in [-0.1, -0.05) is 0 Å². The molecule has 0 radical (unpaired) electrons. The Balaban J connectivity index is 1.92. The highest BCUT2D eigenvalue weighted by Gasteiger charge is 2.21. The van der Waals surface area contributed by atoms with E-state index in [-0.39, 0.29) is 22.6 Å². The van der Waals surface area contributed by atoms with E-state index in [4.69, 9.17) is 5.73 Å². The van der Waals surface area contributed by atoms with Gasteiger partial charge in [-0.05, 0) is 44.2 Å². The highest BCUT2D eigenvalue weighted by molar-refractivity contribution is 5.78. The number of anilines is 2. The van der Waals surface area contributed by atoms with Crippen LogP contribution < -0.4 is 16.6 Å². The topological polar surface area (TPSA) is 135 Å². The molecule has 4 rings (SSSR count). The lowest BCUT2D eigenvalue weighted by Gasteiger charge is -2.20.